The summed E-state index contributed by atoms with van der Waals surface area (Å²) in [6.07, 6.45) is 6.90. The molecule has 0 bridgehead atoms. The average Bonchev–Trinajstić information content (AvgIpc) is 2.17. The lowest BCUT2D eigenvalue weighted by Crippen LogP contribution is -2.41. The first-order valence-corrected chi connectivity index (χ1v) is 5.77. The third kappa shape index (κ3) is 3.65. The van der Waals surface area contributed by atoms with Gasteiger partial charge in [0.05, 0.1) is 0 Å². The number of likely N-dealkylation sites (tertiary alicyclic amines) is 1. The third-order valence-electron chi connectivity index (χ3n) is 2.99. The van der Waals surface area contributed by atoms with Crippen LogP contribution in [-0.4, -0.2) is 37.6 Å². The highest BCUT2D eigenvalue weighted by atomic mass is 15.2. The topological polar surface area (TPSA) is 15.3 Å². The SMILES string of the molecule is CCCN1CCCCC1CCNC. The van der Waals surface area contributed by atoms with Crippen molar-refractivity contribution in [3.63, 3.8) is 0 Å². The molecule has 1 N–H and O–H groups in total. The Hall–Kier alpha value is -0.0800. The van der Waals surface area contributed by atoms with Crippen LogP contribution >= 0.6 is 0 Å². The minimum absolute atomic E-state index is 0.862. The Bertz CT molecular complexity index is 123. The molecule has 78 valence electrons. The number of piperidine rings is 1. The Balaban J connectivity index is 2.28. The van der Waals surface area contributed by atoms with Crippen LogP contribution < -0.4 is 5.32 Å². The van der Waals surface area contributed by atoms with E-state index in [1.807, 2.05) is 7.05 Å². The highest BCUT2D eigenvalue weighted by Gasteiger charge is 2.20. The van der Waals surface area contributed by atoms with Crippen LogP contribution in [0.5, 0.6) is 0 Å². The smallest absolute Gasteiger partial charge is 0.0107 e. The first-order valence-electron chi connectivity index (χ1n) is 5.77. The standard InChI is InChI=1S/C11H24N2/c1-3-9-13-10-5-4-6-11(13)7-8-12-2/h11-12H,3-10H2,1-2H3. The van der Waals surface area contributed by atoms with Crippen molar-refractivity contribution in [3.05, 3.63) is 0 Å². The quantitative estimate of drug-likeness (QED) is 0.701. The van der Waals surface area contributed by atoms with Gasteiger partial charge in [-0.25, -0.2) is 0 Å². The van der Waals surface area contributed by atoms with Gasteiger partial charge >= 0.3 is 0 Å². The normalized spacial score (nSPS) is 24.9. The predicted octanol–water partition coefficient (Wildman–Crippen LogP) is 1.86. The number of hydrogen-bond donors (Lipinski definition) is 1. The van der Waals surface area contributed by atoms with E-state index in [2.05, 4.69) is 17.1 Å². The number of rotatable bonds is 5. The molecule has 0 amide bonds. The number of nitrogens with one attached hydrogen (secondary N) is 1. The summed E-state index contributed by atoms with van der Waals surface area (Å²) >= 11 is 0. The maximum absolute atomic E-state index is 3.25. The van der Waals surface area contributed by atoms with Crippen molar-refractivity contribution in [1.29, 1.82) is 0 Å². The van der Waals surface area contributed by atoms with Crippen LogP contribution in [0.1, 0.15) is 39.0 Å². The second kappa shape index (κ2) is 6.39. The highest BCUT2D eigenvalue weighted by Crippen LogP contribution is 2.19. The minimum Gasteiger partial charge on any atom is -0.320 e. The fraction of sp³-hybridized carbons (Fsp3) is 1.00. The van der Waals surface area contributed by atoms with Gasteiger partial charge in [0, 0.05) is 6.04 Å². The summed E-state index contributed by atoms with van der Waals surface area (Å²) in [5.41, 5.74) is 0. The monoisotopic (exact) mass is 184 g/mol. The lowest BCUT2D eigenvalue weighted by atomic mass is 9.99. The second-order valence-corrected chi connectivity index (χ2v) is 4.08. The van der Waals surface area contributed by atoms with Gasteiger partial charge in [0.15, 0.2) is 0 Å². The predicted molar refractivity (Wildman–Crippen MR) is 58.0 cm³/mol. The van der Waals surface area contributed by atoms with Gasteiger partial charge in [-0.05, 0) is 52.4 Å². The van der Waals surface area contributed by atoms with E-state index in [0.29, 0.717) is 0 Å². The van der Waals surface area contributed by atoms with Gasteiger partial charge in [-0.2, -0.15) is 0 Å². The van der Waals surface area contributed by atoms with Crippen molar-refractivity contribution >= 4 is 0 Å². The molecule has 0 spiro atoms. The van der Waals surface area contributed by atoms with Gasteiger partial charge in [0.2, 0.25) is 0 Å². The molecule has 1 atom stereocenters. The van der Waals surface area contributed by atoms with Crippen LogP contribution in [0.3, 0.4) is 0 Å². The van der Waals surface area contributed by atoms with Crippen molar-refractivity contribution in [2.24, 2.45) is 0 Å². The Morgan fingerprint density at radius 3 is 2.92 bits per heavy atom. The van der Waals surface area contributed by atoms with Crippen LogP contribution in [0.2, 0.25) is 0 Å². The molecule has 0 radical (unpaired) electrons. The number of hydrogen-bond acceptors (Lipinski definition) is 2. The third-order valence-corrected chi connectivity index (χ3v) is 2.99. The van der Waals surface area contributed by atoms with Gasteiger partial charge in [-0.1, -0.05) is 13.3 Å². The van der Waals surface area contributed by atoms with E-state index in [1.54, 1.807) is 0 Å². The molecule has 1 unspecified atom stereocenters. The summed E-state index contributed by atoms with van der Waals surface area (Å²) in [5.74, 6) is 0. The molecule has 1 heterocycles. The molecule has 2 nitrogen and oxygen atoms in total. The van der Waals surface area contributed by atoms with Crippen LogP contribution in [0.25, 0.3) is 0 Å². The summed E-state index contributed by atoms with van der Waals surface area (Å²) in [6, 6.07) is 0.862. The van der Waals surface area contributed by atoms with Crippen LogP contribution in [0.4, 0.5) is 0 Å². The lowest BCUT2D eigenvalue weighted by Gasteiger charge is -2.35. The number of nitrogens with zero attached hydrogens (tertiary/aromatic N) is 1. The van der Waals surface area contributed by atoms with E-state index in [-0.39, 0.29) is 0 Å². The van der Waals surface area contributed by atoms with E-state index >= 15 is 0 Å². The van der Waals surface area contributed by atoms with E-state index in [0.717, 1.165) is 6.04 Å². The zero-order valence-electron chi connectivity index (χ0n) is 9.18. The molecule has 0 aliphatic carbocycles. The van der Waals surface area contributed by atoms with Crippen molar-refractivity contribution < 1.29 is 0 Å². The van der Waals surface area contributed by atoms with Crippen LogP contribution in [0.15, 0.2) is 0 Å². The van der Waals surface area contributed by atoms with Gasteiger partial charge in [-0.3, -0.25) is 0 Å². The minimum atomic E-state index is 0.862. The van der Waals surface area contributed by atoms with Crippen LogP contribution in [0, 0.1) is 0 Å². The Morgan fingerprint density at radius 1 is 1.38 bits per heavy atom. The first-order chi connectivity index (χ1) is 6.38. The van der Waals surface area contributed by atoms with Gasteiger partial charge in [0.1, 0.15) is 0 Å². The van der Waals surface area contributed by atoms with E-state index in [1.165, 1.54) is 51.7 Å². The molecule has 13 heavy (non-hydrogen) atoms. The van der Waals surface area contributed by atoms with Crippen molar-refractivity contribution in [2.45, 2.75) is 45.1 Å². The van der Waals surface area contributed by atoms with Gasteiger partial charge < -0.3 is 10.2 Å². The summed E-state index contributed by atoms with van der Waals surface area (Å²) in [7, 11) is 2.05. The fourth-order valence-electron chi connectivity index (χ4n) is 2.28. The van der Waals surface area contributed by atoms with E-state index in [4.69, 9.17) is 0 Å². The summed E-state index contributed by atoms with van der Waals surface area (Å²) < 4.78 is 0. The van der Waals surface area contributed by atoms with Crippen molar-refractivity contribution in [3.8, 4) is 0 Å². The summed E-state index contributed by atoms with van der Waals surface area (Å²) in [6.45, 7) is 6.09. The average molecular weight is 184 g/mol. The zero-order chi connectivity index (χ0) is 9.52. The molecule has 0 aromatic heterocycles. The maximum atomic E-state index is 3.25. The van der Waals surface area contributed by atoms with Gasteiger partial charge in [-0.15, -0.1) is 0 Å². The molecule has 1 aliphatic rings. The molecular weight excluding hydrogens is 160 g/mol. The molecule has 0 aromatic rings. The molecule has 1 fully saturated rings. The first kappa shape index (κ1) is 11.0. The van der Waals surface area contributed by atoms with E-state index in [9.17, 15) is 0 Å². The molecule has 0 saturated carbocycles. The Morgan fingerprint density at radius 2 is 2.23 bits per heavy atom. The van der Waals surface area contributed by atoms with Gasteiger partial charge in [0.25, 0.3) is 0 Å². The van der Waals surface area contributed by atoms with Crippen LogP contribution in [-0.2, 0) is 0 Å². The summed E-state index contributed by atoms with van der Waals surface area (Å²) in [4.78, 5) is 2.68. The van der Waals surface area contributed by atoms with Crippen molar-refractivity contribution in [2.75, 3.05) is 26.7 Å². The van der Waals surface area contributed by atoms with E-state index < -0.39 is 0 Å². The molecule has 2 heteroatoms. The largest absolute Gasteiger partial charge is 0.320 e. The molecule has 1 rings (SSSR count). The lowest BCUT2D eigenvalue weighted by molar-refractivity contribution is 0.140. The summed E-state index contributed by atoms with van der Waals surface area (Å²) in [5, 5.41) is 3.25. The molecule has 1 aliphatic heterocycles. The molecular formula is C11H24N2. The second-order valence-electron chi connectivity index (χ2n) is 4.08. The Labute approximate surface area is 82.7 Å². The van der Waals surface area contributed by atoms with Crippen molar-refractivity contribution in [1.82, 2.24) is 10.2 Å². The highest BCUT2D eigenvalue weighted by molar-refractivity contribution is 4.76. The molecule has 1 saturated heterocycles. The molecule has 0 aromatic carbocycles. The fourth-order valence-corrected chi connectivity index (χ4v) is 2.28. The maximum Gasteiger partial charge on any atom is 0.0107 e. The Kier molecular flexibility index (Phi) is 5.40. The zero-order valence-corrected chi connectivity index (χ0v) is 9.18.